The van der Waals surface area contributed by atoms with E-state index in [1.165, 1.54) is 0 Å². The molecule has 176 valence electrons. The van der Waals surface area contributed by atoms with Crippen molar-refractivity contribution in [1.82, 2.24) is 9.55 Å². The van der Waals surface area contributed by atoms with Crippen molar-refractivity contribution in [2.24, 2.45) is 22.6 Å². The molecule has 0 radical (unpaired) electrons. The molecule has 1 saturated heterocycles. The topological polar surface area (TPSA) is 149 Å². The maximum Gasteiger partial charge on any atom is 0.261 e. The van der Waals surface area contributed by atoms with Crippen LogP contribution in [0.3, 0.4) is 0 Å². The van der Waals surface area contributed by atoms with Gasteiger partial charge in [-0.3, -0.25) is 9.36 Å². The highest BCUT2D eigenvalue weighted by Gasteiger charge is 2.23. The molecule has 0 spiro atoms. The number of nitrogens with two attached hydrogens (primary N) is 3. The van der Waals surface area contributed by atoms with E-state index in [4.69, 9.17) is 27.4 Å². The molecule has 3 aromatic rings. The summed E-state index contributed by atoms with van der Waals surface area (Å²) in [5.41, 5.74) is 15.1. The summed E-state index contributed by atoms with van der Waals surface area (Å²) in [5, 5.41) is 11.2. The lowest BCUT2D eigenvalue weighted by atomic mass is 9.95. The van der Waals surface area contributed by atoms with Gasteiger partial charge < -0.3 is 27.3 Å². The van der Waals surface area contributed by atoms with E-state index in [2.05, 4.69) is 10.0 Å². The minimum atomic E-state index is -0.00569. The average Bonchev–Trinajstić information content (AvgIpc) is 2.87. The van der Waals surface area contributed by atoms with Gasteiger partial charge in [-0.15, -0.1) is 0 Å². The summed E-state index contributed by atoms with van der Waals surface area (Å²) in [6.45, 7) is 4.46. The number of aliphatic hydroxyl groups is 1. The van der Waals surface area contributed by atoms with Crippen molar-refractivity contribution in [2.45, 2.75) is 32.7 Å². The average molecular weight is 452 g/mol. The number of amidine groups is 1. The number of hydrazone groups is 1. The van der Waals surface area contributed by atoms with Crippen molar-refractivity contribution in [3.8, 4) is 0 Å². The lowest BCUT2D eigenvalue weighted by molar-refractivity contribution is 0.347. The molecule has 2 aromatic carbocycles. The van der Waals surface area contributed by atoms with E-state index in [0.29, 0.717) is 41.3 Å². The SMILES string of the molecule is CCc1nc2ccc(N)cc2c(=O)n1CC1CCN(c2ccccc2/C(N)=N/N)CC1.CO. The Morgan fingerprint density at radius 2 is 1.88 bits per heavy atom. The van der Waals surface area contributed by atoms with E-state index in [0.717, 1.165) is 50.1 Å². The Morgan fingerprint density at radius 1 is 1.18 bits per heavy atom. The number of para-hydroxylation sites is 1. The maximum absolute atomic E-state index is 13.2. The largest absolute Gasteiger partial charge is 0.400 e. The molecular weight excluding hydrogens is 418 g/mol. The number of rotatable bonds is 5. The maximum atomic E-state index is 13.2. The van der Waals surface area contributed by atoms with Crippen LogP contribution in [0.4, 0.5) is 11.4 Å². The normalized spacial score (nSPS) is 14.8. The highest BCUT2D eigenvalue weighted by Crippen LogP contribution is 2.27. The minimum Gasteiger partial charge on any atom is -0.400 e. The molecule has 2 heterocycles. The fourth-order valence-electron chi connectivity index (χ4n) is 4.39. The van der Waals surface area contributed by atoms with Crippen LogP contribution in [0.15, 0.2) is 52.4 Å². The number of aliphatic hydroxyl groups excluding tert-OH is 1. The lowest BCUT2D eigenvalue weighted by Gasteiger charge is -2.35. The van der Waals surface area contributed by atoms with Gasteiger partial charge in [-0.05, 0) is 49.1 Å². The van der Waals surface area contributed by atoms with Crippen LogP contribution >= 0.6 is 0 Å². The van der Waals surface area contributed by atoms with Gasteiger partial charge in [0, 0.05) is 50.1 Å². The summed E-state index contributed by atoms with van der Waals surface area (Å²) in [6.07, 6.45) is 2.65. The van der Waals surface area contributed by atoms with Gasteiger partial charge >= 0.3 is 0 Å². The third kappa shape index (κ3) is 5.09. The number of aromatic nitrogens is 2. The molecule has 1 aliphatic heterocycles. The van der Waals surface area contributed by atoms with Crippen LogP contribution in [0.5, 0.6) is 0 Å². The number of nitrogen functional groups attached to an aromatic ring is 1. The molecule has 1 fully saturated rings. The molecule has 0 aliphatic carbocycles. The van der Waals surface area contributed by atoms with Gasteiger partial charge in [0.1, 0.15) is 5.82 Å². The summed E-state index contributed by atoms with van der Waals surface area (Å²) in [6, 6.07) is 13.2. The smallest absolute Gasteiger partial charge is 0.261 e. The standard InChI is InChI=1S/C23H29N7O.CH4O/c1-2-21-27-19-8-7-16(24)13-18(19)23(31)30(21)14-15-9-11-29(12-10-15)20-6-4-3-5-17(20)22(25)28-26;1-2/h3-8,13,15H,2,9-12,14,24,26H2,1H3,(H2,25,28);2H,1H3. The Kier molecular flexibility index (Phi) is 7.89. The first-order valence-corrected chi connectivity index (χ1v) is 11.1. The van der Waals surface area contributed by atoms with Crippen LogP contribution in [0.25, 0.3) is 10.9 Å². The fraction of sp³-hybridized carbons (Fsp3) is 0.375. The van der Waals surface area contributed by atoms with E-state index >= 15 is 0 Å². The van der Waals surface area contributed by atoms with Gasteiger partial charge in [-0.25, -0.2) is 4.98 Å². The molecule has 9 heteroatoms. The van der Waals surface area contributed by atoms with E-state index in [1.807, 2.05) is 41.8 Å². The van der Waals surface area contributed by atoms with Gasteiger partial charge in [-0.1, -0.05) is 19.1 Å². The first kappa shape index (κ1) is 24.1. The molecule has 0 atom stereocenters. The molecule has 0 unspecified atom stereocenters. The second-order valence-electron chi connectivity index (χ2n) is 8.04. The number of piperidine rings is 1. The van der Waals surface area contributed by atoms with Crippen molar-refractivity contribution in [3.05, 3.63) is 64.2 Å². The quantitative estimate of drug-likeness (QED) is 0.151. The predicted octanol–water partition coefficient (Wildman–Crippen LogP) is 1.65. The van der Waals surface area contributed by atoms with Gasteiger partial charge in [-0.2, -0.15) is 5.10 Å². The summed E-state index contributed by atoms with van der Waals surface area (Å²) in [5.74, 6) is 6.95. The zero-order valence-corrected chi connectivity index (χ0v) is 19.2. The summed E-state index contributed by atoms with van der Waals surface area (Å²) in [7, 11) is 1.00. The number of aryl methyl sites for hydroxylation is 1. The van der Waals surface area contributed by atoms with Gasteiger partial charge in [0.15, 0.2) is 5.84 Å². The van der Waals surface area contributed by atoms with E-state index in [9.17, 15) is 4.79 Å². The van der Waals surface area contributed by atoms with Crippen LogP contribution < -0.4 is 27.8 Å². The van der Waals surface area contributed by atoms with Crippen molar-refractivity contribution in [3.63, 3.8) is 0 Å². The lowest BCUT2D eigenvalue weighted by Crippen LogP contribution is -2.38. The van der Waals surface area contributed by atoms with Crippen LogP contribution in [-0.2, 0) is 13.0 Å². The van der Waals surface area contributed by atoms with Gasteiger partial charge in [0.05, 0.1) is 10.9 Å². The molecule has 7 N–H and O–H groups in total. The molecule has 1 aromatic heterocycles. The Hall–Kier alpha value is -3.59. The molecule has 0 saturated carbocycles. The highest BCUT2D eigenvalue weighted by molar-refractivity contribution is 6.02. The zero-order valence-electron chi connectivity index (χ0n) is 19.2. The Morgan fingerprint density at radius 3 is 2.55 bits per heavy atom. The molecule has 0 amide bonds. The fourth-order valence-corrected chi connectivity index (χ4v) is 4.39. The molecule has 1 aliphatic rings. The number of fused-ring (bicyclic) bond motifs is 1. The third-order valence-electron chi connectivity index (χ3n) is 6.09. The molecule has 33 heavy (non-hydrogen) atoms. The number of hydrogen-bond donors (Lipinski definition) is 4. The second kappa shape index (κ2) is 10.8. The third-order valence-corrected chi connectivity index (χ3v) is 6.09. The van der Waals surface area contributed by atoms with Crippen molar-refractivity contribution < 1.29 is 5.11 Å². The monoisotopic (exact) mass is 451 g/mol. The van der Waals surface area contributed by atoms with E-state index in [1.54, 1.807) is 12.1 Å². The summed E-state index contributed by atoms with van der Waals surface area (Å²) < 4.78 is 1.84. The predicted molar refractivity (Wildman–Crippen MR) is 134 cm³/mol. The Balaban J connectivity index is 0.00000149. The second-order valence-corrected chi connectivity index (χ2v) is 8.04. The first-order chi connectivity index (χ1) is 16.0. The van der Waals surface area contributed by atoms with Crippen molar-refractivity contribution in [1.29, 1.82) is 0 Å². The zero-order chi connectivity index (χ0) is 24.0. The van der Waals surface area contributed by atoms with E-state index < -0.39 is 0 Å². The molecule has 9 nitrogen and oxygen atoms in total. The summed E-state index contributed by atoms with van der Waals surface area (Å²) >= 11 is 0. The van der Waals surface area contributed by atoms with Gasteiger partial charge in [0.25, 0.3) is 5.56 Å². The molecular formula is C24H33N7O2. The Labute approximate surface area is 193 Å². The minimum absolute atomic E-state index is 0.00569. The number of benzene rings is 2. The number of nitrogens with zero attached hydrogens (tertiary/aromatic N) is 4. The first-order valence-electron chi connectivity index (χ1n) is 11.1. The van der Waals surface area contributed by atoms with Crippen LogP contribution in [0.1, 0.15) is 31.2 Å². The van der Waals surface area contributed by atoms with Crippen molar-refractivity contribution >= 4 is 28.1 Å². The number of hydrogen-bond acceptors (Lipinski definition) is 7. The highest BCUT2D eigenvalue weighted by atomic mass is 16.2. The molecule has 4 rings (SSSR count). The molecule has 0 bridgehead atoms. The van der Waals surface area contributed by atoms with Crippen LogP contribution in [0.2, 0.25) is 0 Å². The van der Waals surface area contributed by atoms with Crippen LogP contribution in [0, 0.1) is 5.92 Å². The van der Waals surface area contributed by atoms with Gasteiger partial charge in [0.2, 0.25) is 0 Å². The van der Waals surface area contributed by atoms with Crippen LogP contribution in [-0.4, -0.2) is 40.7 Å². The Bertz CT molecular complexity index is 1180. The summed E-state index contributed by atoms with van der Waals surface area (Å²) in [4.78, 5) is 20.2. The number of anilines is 2. The van der Waals surface area contributed by atoms with Crippen molar-refractivity contribution in [2.75, 3.05) is 30.8 Å². The van der Waals surface area contributed by atoms with E-state index in [-0.39, 0.29) is 5.56 Å².